The molecule has 1 rings (SSSR count). The van der Waals surface area contributed by atoms with Crippen molar-refractivity contribution < 1.29 is 9.50 Å². The smallest absolute Gasteiger partial charge is 0.126 e. The lowest BCUT2D eigenvalue weighted by molar-refractivity contribution is 0.292. The quantitative estimate of drug-likeness (QED) is 0.736. The van der Waals surface area contributed by atoms with Crippen molar-refractivity contribution in [2.75, 3.05) is 18.5 Å². The van der Waals surface area contributed by atoms with Gasteiger partial charge in [-0.1, -0.05) is 11.6 Å². The number of nitrogens with one attached hydrogen (secondary N) is 1. The highest BCUT2D eigenvalue weighted by Crippen LogP contribution is 2.17. The summed E-state index contributed by atoms with van der Waals surface area (Å²) in [5, 5.41) is 11.8. The predicted octanol–water partition coefficient (Wildman–Crippen LogP) is 2.27. The van der Waals surface area contributed by atoms with Crippen molar-refractivity contribution >= 4 is 17.3 Å². The molecule has 0 bridgehead atoms. The maximum Gasteiger partial charge on any atom is 0.126 e. The van der Waals surface area contributed by atoms with Crippen LogP contribution in [-0.2, 0) is 0 Å². The summed E-state index contributed by atoms with van der Waals surface area (Å²) in [7, 11) is 0. The molecule has 0 unspecified atom stereocenters. The molecule has 0 saturated carbocycles. The minimum atomic E-state index is -0.362. The number of hydrogen-bond acceptors (Lipinski definition) is 2. The molecule has 0 saturated heterocycles. The van der Waals surface area contributed by atoms with E-state index in [1.165, 1.54) is 12.1 Å². The van der Waals surface area contributed by atoms with Crippen LogP contribution in [0.2, 0.25) is 5.02 Å². The third kappa shape index (κ3) is 3.61. The maximum absolute atomic E-state index is 12.8. The summed E-state index contributed by atoms with van der Waals surface area (Å²) in [6.07, 6.45) is 0.633. The van der Waals surface area contributed by atoms with Gasteiger partial charge in [0.1, 0.15) is 5.82 Å². The fourth-order valence-electron chi connectivity index (χ4n) is 0.968. The number of rotatable bonds is 4. The standard InChI is InChI=1S/C9H11ClFNO/c10-7-4-8(11)6-9(5-7)12-2-1-3-13/h4-6,12-13H,1-3H2. The van der Waals surface area contributed by atoms with Crippen LogP contribution in [0.3, 0.4) is 0 Å². The lowest BCUT2D eigenvalue weighted by atomic mass is 10.3. The Morgan fingerprint density at radius 3 is 2.77 bits per heavy atom. The van der Waals surface area contributed by atoms with Crippen LogP contribution in [0, 0.1) is 5.82 Å². The number of hydrogen-bond donors (Lipinski definition) is 2. The summed E-state index contributed by atoms with van der Waals surface area (Å²) in [5.41, 5.74) is 0.637. The largest absolute Gasteiger partial charge is 0.396 e. The Bertz CT molecular complexity index is 260. The van der Waals surface area contributed by atoms with Gasteiger partial charge in [0.15, 0.2) is 0 Å². The van der Waals surface area contributed by atoms with Crippen LogP contribution in [0.25, 0.3) is 0 Å². The second kappa shape index (κ2) is 5.04. The van der Waals surface area contributed by atoms with Gasteiger partial charge >= 0.3 is 0 Å². The first-order valence-corrected chi connectivity index (χ1v) is 4.41. The first kappa shape index (κ1) is 10.3. The van der Waals surface area contributed by atoms with Gasteiger partial charge < -0.3 is 10.4 Å². The predicted molar refractivity (Wildman–Crippen MR) is 51.6 cm³/mol. The Labute approximate surface area is 81.3 Å². The number of anilines is 1. The number of benzene rings is 1. The molecule has 2 nitrogen and oxygen atoms in total. The summed E-state index contributed by atoms with van der Waals surface area (Å²) < 4.78 is 12.8. The highest BCUT2D eigenvalue weighted by atomic mass is 35.5. The average molecular weight is 204 g/mol. The minimum Gasteiger partial charge on any atom is -0.396 e. The molecule has 0 radical (unpaired) electrons. The van der Waals surface area contributed by atoms with Crippen LogP contribution in [0.5, 0.6) is 0 Å². The normalized spacial score (nSPS) is 10.1. The molecular formula is C9H11ClFNO. The van der Waals surface area contributed by atoms with Gasteiger partial charge in [-0.05, 0) is 24.6 Å². The van der Waals surface area contributed by atoms with Gasteiger partial charge in [-0.3, -0.25) is 0 Å². The Balaban J connectivity index is 2.56. The maximum atomic E-state index is 12.8. The van der Waals surface area contributed by atoms with E-state index < -0.39 is 0 Å². The number of halogens is 2. The molecule has 0 amide bonds. The molecule has 13 heavy (non-hydrogen) atoms. The van der Waals surface area contributed by atoms with E-state index in [-0.39, 0.29) is 12.4 Å². The van der Waals surface area contributed by atoms with E-state index in [2.05, 4.69) is 5.32 Å². The van der Waals surface area contributed by atoms with Gasteiger partial charge in [-0.25, -0.2) is 4.39 Å². The fraction of sp³-hybridized carbons (Fsp3) is 0.333. The molecule has 72 valence electrons. The third-order valence-electron chi connectivity index (χ3n) is 1.53. The van der Waals surface area contributed by atoms with Gasteiger partial charge in [-0.2, -0.15) is 0 Å². The highest BCUT2D eigenvalue weighted by Gasteiger charge is 1.97. The third-order valence-corrected chi connectivity index (χ3v) is 1.74. The lowest BCUT2D eigenvalue weighted by Crippen LogP contribution is -2.03. The molecule has 4 heteroatoms. The molecule has 1 aromatic rings. The van der Waals surface area contributed by atoms with Gasteiger partial charge in [0.25, 0.3) is 0 Å². The van der Waals surface area contributed by atoms with Crippen molar-refractivity contribution in [3.05, 3.63) is 29.0 Å². The van der Waals surface area contributed by atoms with E-state index in [1.807, 2.05) is 0 Å². The van der Waals surface area contributed by atoms with Crippen molar-refractivity contribution in [3.63, 3.8) is 0 Å². The molecule has 0 spiro atoms. The van der Waals surface area contributed by atoms with Gasteiger partial charge in [-0.15, -0.1) is 0 Å². The van der Waals surface area contributed by atoms with E-state index in [0.717, 1.165) is 0 Å². The summed E-state index contributed by atoms with van der Waals surface area (Å²) in [6, 6.07) is 4.25. The molecule has 0 atom stereocenters. The Kier molecular flexibility index (Phi) is 3.99. The topological polar surface area (TPSA) is 32.3 Å². The molecule has 0 heterocycles. The zero-order valence-electron chi connectivity index (χ0n) is 7.06. The fourth-order valence-corrected chi connectivity index (χ4v) is 1.19. The molecule has 2 N–H and O–H groups in total. The van der Waals surface area contributed by atoms with Crippen molar-refractivity contribution in [2.45, 2.75) is 6.42 Å². The van der Waals surface area contributed by atoms with Gasteiger partial charge in [0.2, 0.25) is 0 Å². The van der Waals surface area contributed by atoms with Crippen LogP contribution in [0.15, 0.2) is 18.2 Å². The number of aliphatic hydroxyl groups is 1. The average Bonchev–Trinajstić information content (AvgIpc) is 2.03. The minimum absolute atomic E-state index is 0.121. The van der Waals surface area contributed by atoms with E-state index in [4.69, 9.17) is 16.7 Å². The van der Waals surface area contributed by atoms with E-state index in [1.54, 1.807) is 6.07 Å². The second-order valence-corrected chi connectivity index (χ2v) is 3.10. The monoisotopic (exact) mass is 203 g/mol. The molecule has 0 aliphatic carbocycles. The Hall–Kier alpha value is -0.800. The van der Waals surface area contributed by atoms with Crippen LogP contribution in [0.4, 0.5) is 10.1 Å². The number of aliphatic hydroxyl groups excluding tert-OH is 1. The van der Waals surface area contributed by atoms with E-state index in [9.17, 15) is 4.39 Å². The van der Waals surface area contributed by atoms with Gasteiger partial charge in [0.05, 0.1) is 0 Å². The zero-order valence-corrected chi connectivity index (χ0v) is 7.81. The summed E-state index contributed by atoms with van der Waals surface area (Å²) in [6.45, 7) is 0.729. The molecule has 0 aliphatic rings. The first-order chi connectivity index (χ1) is 6.22. The van der Waals surface area contributed by atoms with Crippen molar-refractivity contribution in [3.8, 4) is 0 Å². The summed E-state index contributed by atoms with van der Waals surface area (Å²) >= 11 is 5.63. The highest BCUT2D eigenvalue weighted by molar-refractivity contribution is 6.30. The van der Waals surface area contributed by atoms with Crippen LogP contribution in [-0.4, -0.2) is 18.3 Å². The van der Waals surface area contributed by atoms with Crippen molar-refractivity contribution in [1.29, 1.82) is 0 Å². The molecule has 1 aromatic carbocycles. The van der Waals surface area contributed by atoms with E-state index >= 15 is 0 Å². The van der Waals surface area contributed by atoms with Crippen molar-refractivity contribution in [2.24, 2.45) is 0 Å². The summed E-state index contributed by atoms with van der Waals surface area (Å²) in [5.74, 6) is -0.362. The molecule has 0 fully saturated rings. The molecular weight excluding hydrogens is 193 g/mol. The Morgan fingerprint density at radius 1 is 1.38 bits per heavy atom. The second-order valence-electron chi connectivity index (χ2n) is 2.66. The SMILES string of the molecule is OCCCNc1cc(F)cc(Cl)c1. The molecule has 0 aromatic heterocycles. The van der Waals surface area contributed by atoms with Crippen LogP contribution in [0.1, 0.15) is 6.42 Å². The van der Waals surface area contributed by atoms with Gasteiger partial charge in [0, 0.05) is 23.9 Å². The molecule has 0 aliphatic heterocycles. The van der Waals surface area contributed by atoms with Crippen LogP contribution < -0.4 is 5.32 Å². The van der Waals surface area contributed by atoms with Crippen molar-refractivity contribution in [1.82, 2.24) is 0 Å². The first-order valence-electron chi connectivity index (χ1n) is 4.03. The lowest BCUT2D eigenvalue weighted by Gasteiger charge is -2.05. The summed E-state index contributed by atoms with van der Waals surface area (Å²) in [4.78, 5) is 0. The zero-order chi connectivity index (χ0) is 9.68. The Morgan fingerprint density at radius 2 is 2.15 bits per heavy atom. The van der Waals surface area contributed by atoms with Crippen LogP contribution >= 0.6 is 11.6 Å². The van der Waals surface area contributed by atoms with E-state index in [0.29, 0.717) is 23.7 Å².